The highest BCUT2D eigenvalue weighted by Gasteiger charge is 2.47. The Morgan fingerprint density at radius 1 is 1.08 bits per heavy atom. The van der Waals surface area contributed by atoms with Gasteiger partial charge < -0.3 is 19.3 Å². The van der Waals surface area contributed by atoms with Gasteiger partial charge in [-0.3, -0.25) is 9.59 Å². The van der Waals surface area contributed by atoms with Gasteiger partial charge in [0.1, 0.15) is 17.1 Å². The molecule has 0 bridgehead atoms. The van der Waals surface area contributed by atoms with Crippen LogP contribution in [0.4, 0.5) is 0 Å². The fraction of sp³-hybridized carbons (Fsp3) is 0.645. The van der Waals surface area contributed by atoms with Crippen molar-refractivity contribution in [2.24, 2.45) is 11.3 Å². The van der Waals surface area contributed by atoms with Gasteiger partial charge in [0, 0.05) is 29.4 Å². The molecule has 210 valence electrons. The molecule has 2 aliphatic rings. The summed E-state index contributed by atoms with van der Waals surface area (Å²) >= 11 is 0. The summed E-state index contributed by atoms with van der Waals surface area (Å²) in [5.74, 6) is -0.395. The third-order valence-corrected chi connectivity index (χ3v) is 8.07. The van der Waals surface area contributed by atoms with E-state index in [-0.39, 0.29) is 29.2 Å². The molecule has 1 N–H and O–H groups in total. The van der Waals surface area contributed by atoms with Gasteiger partial charge in [-0.1, -0.05) is 32.8 Å². The van der Waals surface area contributed by atoms with E-state index in [4.69, 9.17) is 14.2 Å². The Balaban J connectivity index is 2.00. The van der Waals surface area contributed by atoms with Gasteiger partial charge in [0.2, 0.25) is 0 Å². The number of carboxylic acids is 1. The van der Waals surface area contributed by atoms with Gasteiger partial charge in [0.15, 0.2) is 0 Å². The predicted molar refractivity (Wildman–Crippen MR) is 146 cm³/mol. The molecule has 0 spiro atoms. The minimum Gasteiger partial charge on any atom is -0.487 e. The first kappa shape index (κ1) is 29.7. The monoisotopic (exact) mass is 528 g/mol. The number of fused-ring (bicyclic) bond motifs is 3. The molecule has 0 aromatic heterocycles. The fourth-order valence-corrected chi connectivity index (χ4v) is 5.54. The van der Waals surface area contributed by atoms with Gasteiger partial charge in [-0.25, -0.2) is 4.79 Å². The highest BCUT2D eigenvalue weighted by molar-refractivity contribution is 5.87. The third kappa shape index (κ3) is 6.59. The zero-order chi connectivity index (χ0) is 28.5. The molecule has 1 aromatic carbocycles. The third-order valence-electron chi connectivity index (χ3n) is 8.07. The van der Waals surface area contributed by atoms with Crippen LogP contribution in [0.5, 0.6) is 11.5 Å². The molecular weight excluding hydrogens is 484 g/mol. The smallest absolute Gasteiger partial charge is 0.331 e. The maximum atomic E-state index is 13.1. The number of carboxylic acid groups (broad SMARTS) is 1. The maximum Gasteiger partial charge on any atom is 0.331 e. The van der Waals surface area contributed by atoms with Crippen molar-refractivity contribution >= 4 is 17.9 Å². The van der Waals surface area contributed by atoms with Crippen LogP contribution in [0.25, 0.3) is 0 Å². The van der Waals surface area contributed by atoms with Crippen LogP contribution < -0.4 is 9.47 Å². The molecule has 1 aliphatic heterocycles. The van der Waals surface area contributed by atoms with Gasteiger partial charge in [-0.15, -0.1) is 0 Å². The van der Waals surface area contributed by atoms with Gasteiger partial charge in [-0.05, 0) is 83.4 Å². The van der Waals surface area contributed by atoms with Crippen molar-refractivity contribution in [2.45, 2.75) is 110 Å². The number of allylic oxidation sites excluding steroid dienone is 1. The fourth-order valence-electron chi connectivity index (χ4n) is 5.54. The molecule has 0 unspecified atom stereocenters. The zero-order valence-electron chi connectivity index (χ0n) is 24.2. The summed E-state index contributed by atoms with van der Waals surface area (Å²) in [6, 6.07) is 4.00. The molecule has 0 amide bonds. The minimum atomic E-state index is -0.910. The second-order valence-electron chi connectivity index (χ2n) is 12.9. The molecule has 1 aliphatic carbocycles. The van der Waals surface area contributed by atoms with E-state index >= 15 is 0 Å². The summed E-state index contributed by atoms with van der Waals surface area (Å²) in [4.78, 5) is 36.4. The molecule has 0 saturated heterocycles. The first-order valence-electron chi connectivity index (χ1n) is 13.7. The number of unbranched alkanes of at least 4 members (excludes halogenated alkanes) is 2. The first-order chi connectivity index (χ1) is 17.6. The van der Waals surface area contributed by atoms with Crippen molar-refractivity contribution in [2.75, 3.05) is 7.11 Å². The Bertz CT molecular complexity index is 1100. The van der Waals surface area contributed by atoms with Crippen molar-refractivity contribution in [1.29, 1.82) is 0 Å². The Hall–Kier alpha value is -2.83. The number of benzene rings is 1. The van der Waals surface area contributed by atoms with Gasteiger partial charge >= 0.3 is 17.9 Å². The molecule has 1 heterocycles. The van der Waals surface area contributed by atoms with E-state index in [1.807, 2.05) is 40.7 Å². The first-order valence-corrected chi connectivity index (χ1v) is 13.7. The van der Waals surface area contributed by atoms with E-state index in [0.717, 1.165) is 36.8 Å². The van der Waals surface area contributed by atoms with Crippen molar-refractivity contribution in [3.63, 3.8) is 0 Å². The lowest BCUT2D eigenvalue weighted by Gasteiger charge is -2.47. The lowest BCUT2D eigenvalue weighted by molar-refractivity contribution is -0.143. The average molecular weight is 529 g/mol. The topological polar surface area (TPSA) is 99.1 Å². The van der Waals surface area contributed by atoms with Crippen LogP contribution >= 0.6 is 0 Å². The molecule has 3 rings (SSSR count). The van der Waals surface area contributed by atoms with E-state index in [9.17, 15) is 19.5 Å². The van der Waals surface area contributed by atoms with E-state index < -0.39 is 17.0 Å². The zero-order valence-corrected chi connectivity index (χ0v) is 24.2. The van der Waals surface area contributed by atoms with Crippen LogP contribution in [0.1, 0.15) is 110 Å². The van der Waals surface area contributed by atoms with Crippen molar-refractivity contribution < 1.29 is 33.7 Å². The normalized spacial score (nSPS) is 20.4. The van der Waals surface area contributed by atoms with E-state index in [1.165, 1.54) is 7.11 Å². The van der Waals surface area contributed by atoms with Crippen LogP contribution in [0.15, 0.2) is 23.8 Å². The highest BCUT2D eigenvalue weighted by atomic mass is 16.5. The number of methoxy groups -OCH3 is 1. The molecule has 1 aromatic rings. The molecule has 7 heteroatoms. The summed E-state index contributed by atoms with van der Waals surface area (Å²) in [6.45, 7) is 13.9. The summed E-state index contributed by atoms with van der Waals surface area (Å²) in [7, 11) is 1.41. The Morgan fingerprint density at radius 3 is 2.37 bits per heavy atom. The number of rotatable bonds is 9. The number of ether oxygens (including phenoxy) is 3. The second kappa shape index (κ2) is 11.1. The van der Waals surface area contributed by atoms with Crippen LogP contribution in [-0.4, -0.2) is 35.7 Å². The van der Waals surface area contributed by atoms with Crippen molar-refractivity contribution in [3.8, 4) is 11.5 Å². The minimum absolute atomic E-state index is 0.0545. The van der Waals surface area contributed by atoms with Crippen LogP contribution in [0, 0.1) is 11.3 Å². The average Bonchev–Trinajstić information content (AvgIpc) is 2.81. The lowest BCUT2D eigenvalue weighted by Crippen LogP contribution is -2.46. The largest absolute Gasteiger partial charge is 0.487 e. The number of hydrogen-bond acceptors (Lipinski definition) is 6. The highest BCUT2D eigenvalue weighted by Crippen LogP contribution is 2.55. The Kier molecular flexibility index (Phi) is 8.69. The Labute approximate surface area is 226 Å². The number of hydrogen-bond donors (Lipinski definition) is 1. The standard InChI is InChI=1S/C31H44O7/c1-29(2,3)28(35)37-23-17-20(30(4,5)15-11-9-10-12-25(32)36-8)18-24-26(23)21-16-19(27(33)34)13-14-22(21)31(6,7)38-24/h13,17-18,21-22H,9-12,14-16H2,1-8H3,(H,33,34)/t21-,22-/m1/s1. The van der Waals surface area contributed by atoms with Gasteiger partial charge in [0.25, 0.3) is 0 Å². The van der Waals surface area contributed by atoms with Crippen LogP contribution in [0.3, 0.4) is 0 Å². The van der Waals surface area contributed by atoms with Crippen molar-refractivity contribution in [3.05, 3.63) is 34.9 Å². The number of esters is 2. The van der Waals surface area contributed by atoms with Gasteiger partial charge in [-0.2, -0.15) is 0 Å². The predicted octanol–water partition coefficient (Wildman–Crippen LogP) is 6.71. The molecule has 2 atom stereocenters. The van der Waals surface area contributed by atoms with Gasteiger partial charge in [0.05, 0.1) is 12.5 Å². The summed E-state index contributed by atoms with van der Waals surface area (Å²) < 4.78 is 17.4. The maximum absolute atomic E-state index is 13.1. The molecule has 0 radical (unpaired) electrons. The Morgan fingerprint density at radius 2 is 1.76 bits per heavy atom. The van der Waals surface area contributed by atoms with Crippen molar-refractivity contribution in [1.82, 2.24) is 0 Å². The summed E-state index contributed by atoms with van der Waals surface area (Å²) in [5.41, 5.74) is 0.716. The molecule has 0 saturated carbocycles. The molecule has 38 heavy (non-hydrogen) atoms. The molecule has 0 fully saturated rings. The molecule has 7 nitrogen and oxygen atoms in total. The second-order valence-corrected chi connectivity index (χ2v) is 12.9. The van der Waals surface area contributed by atoms with E-state index in [2.05, 4.69) is 19.9 Å². The van der Waals surface area contributed by atoms with E-state index in [0.29, 0.717) is 36.3 Å². The quantitative estimate of drug-likeness (QED) is 0.216. The van der Waals surface area contributed by atoms with Crippen LogP contribution in [0.2, 0.25) is 0 Å². The summed E-state index contributed by atoms with van der Waals surface area (Å²) in [5, 5.41) is 9.73. The molecular formula is C31H44O7. The summed E-state index contributed by atoms with van der Waals surface area (Å²) in [6.07, 6.45) is 6.67. The van der Waals surface area contributed by atoms with E-state index in [1.54, 1.807) is 6.08 Å². The van der Waals surface area contributed by atoms with Crippen LogP contribution in [-0.2, 0) is 24.5 Å². The lowest BCUT2D eigenvalue weighted by atomic mass is 9.66. The number of aliphatic carboxylic acids is 1. The number of carbonyl (C=O) groups is 3. The number of carbonyl (C=O) groups excluding carboxylic acids is 2. The SMILES string of the molecule is COC(=O)CCCCCC(C)(C)c1cc(OC(=O)C(C)(C)C)c2c(c1)OC(C)(C)[C@@H]1CC=C(C(=O)O)C[C@@H]21.